The van der Waals surface area contributed by atoms with Crippen molar-refractivity contribution < 1.29 is 49.2 Å². The first-order valence-electron chi connectivity index (χ1n) is 6.57. The molecule has 2 aromatic carbocycles. The van der Waals surface area contributed by atoms with Crippen LogP contribution >= 0.6 is 15.9 Å². The average molecular weight is 540 g/mol. The van der Waals surface area contributed by atoms with Crippen LogP contribution in [0.2, 0.25) is 0 Å². The topological polar surface area (TPSA) is 207 Å². The molecule has 0 aliphatic heterocycles. The van der Waals surface area contributed by atoms with Gasteiger partial charge in [-0.1, -0.05) is 0 Å². The smallest absolute Gasteiger partial charge is 0.655 e. The van der Waals surface area contributed by atoms with Crippen molar-refractivity contribution in [2.45, 2.75) is 0 Å². The Morgan fingerprint density at radius 3 is 1.41 bits per heavy atom. The molecule has 0 spiro atoms. The summed E-state index contributed by atoms with van der Waals surface area (Å²) < 4.78 is 0. The molecule has 10 nitrogen and oxygen atoms in total. The number of hydrogen-bond acceptors (Lipinski definition) is 9. The predicted octanol–water partition coefficient (Wildman–Crippen LogP) is -4.11. The minimum absolute atomic E-state index is 0. The van der Waals surface area contributed by atoms with Gasteiger partial charge in [-0.15, -0.1) is 0 Å². The third kappa shape index (κ3) is 9.07. The predicted molar refractivity (Wildman–Crippen MR) is 89.7 cm³/mol. The van der Waals surface area contributed by atoms with E-state index in [1.54, 1.807) is 0 Å². The number of hydrogen-bond donors (Lipinski definition) is 4. The minimum atomic E-state index is -4.53. The summed E-state index contributed by atoms with van der Waals surface area (Å²) in [6, 6.07) is 8.59. The van der Waals surface area contributed by atoms with Crippen molar-refractivity contribution in [1.82, 2.24) is 0 Å². The van der Waals surface area contributed by atoms with Crippen LogP contribution in [0.1, 0.15) is 20.7 Å². The van der Waals surface area contributed by atoms with E-state index in [4.69, 9.17) is 19.8 Å². The van der Waals surface area contributed by atoms with E-state index in [0.29, 0.717) is 0 Å². The van der Waals surface area contributed by atoms with Crippen LogP contribution in [0.15, 0.2) is 48.5 Å². The third-order valence-electron chi connectivity index (χ3n) is 2.88. The zero-order valence-electron chi connectivity index (χ0n) is 13.5. The fourth-order valence-electron chi connectivity index (χ4n) is 1.58. The summed E-state index contributed by atoms with van der Waals surface area (Å²) in [5.74, 6) is -2.53. The van der Waals surface area contributed by atoms with E-state index in [0.717, 1.165) is 48.5 Å². The standard InChI is InChI=1S/2C7H7O5P.Ba/c2*8-7(9)5-1-3-6(4-2-5)13(10,11)12;/h2*1-4H,(H,8,9)(H2,10,11,12);/q;;+2/p-2. The van der Waals surface area contributed by atoms with E-state index in [-0.39, 0.29) is 70.6 Å². The third-order valence-corrected chi connectivity index (χ3v) is 4.80. The molecule has 0 saturated carbocycles. The molecule has 140 valence electrons. The normalized spacial score (nSPS) is 10.9. The van der Waals surface area contributed by atoms with Crippen LogP contribution in [-0.2, 0) is 0 Å². The van der Waals surface area contributed by atoms with E-state index < -0.39 is 27.8 Å². The summed E-state index contributed by atoms with van der Waals surface area (Å²) in [6.45, 7) is 0. The van der Waals surface area contributed by atoms with Crippen molar-refractivity contribution in [3.8, 4) is 0 Å². The number of benzene rings is 2. The molecule has 0 aromatic heterocycles. The Bertz CT molecular complexity index is 699. The summed E-state index contributed by atoms with van der Waals surface area (Å²) in [5.41, 5.74) is -0.144. The molecule has 2 rings (SSSR count). The molecule has 0 bridgehead atoms. The quantitative estimate of drug-likeness (QED) is 0.218. The van der Waals surface area contributed by atoms with Crippen LogP contribution < -0.4 is 30.4 Å². The Morgan fingerprint density at radius 1 is 0.741 bits per heavy atom. The Morgan fingerprint density at radius 2 is 1.11 bits per heavy atom. The molecule has 0 aliphatic carbocycles. The maximum absolute atomic E-state index is 10.7. The molecule has 0 unspecified atom stereocenters. The van der Waals surface area contributed by atoms with Gasteiger partial charge >= 0.3 is 54.9 Å². The van der Waals surface area contributed by atoms with Crippen LogP contribution in [0.5, 0.6) is 0 Å². The van der Waals surface area contributed by atoms with Crippen LogP contribution in [0.25, 0.3) is 0 Å². The van der Waals surface area contributed by atoms with E-state index in [9.17, 15) is 29.4 Å². The molecular formula is C14H12BaO10P2. The maximum atomic E-state index is 10.7. The summed E-state index contributed by atoms with van der Waals surface area (Å²) in [6.07, 6.45) is 0. The SMILES string of the molecule is O=C(O)c1ccc([P+]([O-])(O)O)cc1.O=C([O-])c1ccc([P+]([O-])([O-])O)cc1.[Ba+2]. The molecule has 0 atom stereocenters. The van der Waals surface area contributed by atoms with Gasteiger partial charge in [0.2, 0.25) is 0 Å². The summed E-state index contributed by atoms with van der Waals surface area (Å²) in [5, 5.41) is 18.2. The Kier molecular flexibility index (Phi) is 10.8. The number of carboxylic acid groups (broad SMARTS) is 2. The van der Waals surface area contributed by atoms with Crippen LogP contribution in [0.3, 0.4) is 0 Å². The van der Waals surface area contributed by atoms with Crippen LogP contribution in [0, 0.1) is 0 Å². The molecule has 0 amide bonds. The van der Waals surface area contributed by atoms with Crippen LogP contribution in [0.4, 0.5) is 0 Å². The Hall–Kier alpha value is -0.429. The second kappa shape index (κ2) is 10.9. The van der Waals surface area contributed by atoms with Crippen molar-refractivity contribution in [3.63, 3.8) is 0 Å². The molecule has 13 heteroatoms. The van der Waals surface area contributed by atoms with Crippen molar-refractivity contribution in [2.75, 3.05) is 0 Å². The molecule has 0 saturated heterocycles. The van der Waals surface area contributed by atoms with Crippen molar-refractivity contribution >= 4 is 87.3 Å². The number of carbonyl (C=O) groups is 2. The summed E-state index contributed by atoms with van der Waals surface area (Å²) in [4.78, 5) is 78.3. The van der Waals surface area contributed by atoms with Gasteiger partial charge in [0.25, 0.3) is 7.94 Å². The minimum Gasteiger partial charge on any atom is -0.655 e. The average Bonchev–Trinajstić information content (AvgIpc) is 2.54. The molecule has 0 heterocycles. The molecular weight excluding hydrogens is 527 g/mol. The van der Waals surface area contributed by atoms with E-state index in [1.165, 1.54) is 0 Å². The number of rotatable bonds is 4. The number of carbonyl (C=O) groups excluding carboxylic acids is 1. The zero-order chi connectivity index (χ0) is 20.1. The molecule has 0 radical (unpaired) electrons. The Balaban J connectivity index is 0.000000483. The van der Waals surface area contributed by atoms with E-state index in [2.05, 4.69) is 0 Å². The van der Waals surface area contributed by atoms with Gasteiger partial charge < -0.3 is 29.7 Å². The first kappa shape index (κ1) is 26.6. The number of carboxylic acids is 2. The molecule has 4 N–H and O–H groups in total. The first-order chi connectivity index (χ1) is 11.8. The molecule has 0 fully saturated rings. The molecule has 27 heavy (non-hydrogen) atoms. The zero-order valence-corrected chi connectivity index (χ0v) is 19.7. The van der Waals surface area contributed by atoms with Gasteiger partial charge in [0.1, 0.15) is 10.6 Å². The van der Waals surface area contributed by atoms with Crippen molar-refractivity contribution in [3.05, 3.63) is 59.7 Å². The first-order valence-corrected chi connectivity index (χ1v) is 9.76. The van der Waals surface area contributed by atoms with Gasteiger partial charge in [-0.2, -0.15) is 0 Å². The largest absolute Gasteiger partial charge is 2.00 e. The van der Waals surface area contributed by atoms with E-state index >= 15 is 0 Å². The van der Waals surface area contributed by atoms with Gasteiger partial charge in [0.15, 0.2) is 0 Å². The van der Waals surface area contributed by atoms with Gasteiger partial charge in [-0.3, -0.25) is 4.89 Å². The number of aromatic carboxylic acids is 2. The molecule has 0 aliphatic rings. The fourth-order valence-corrected chi connectivity index (χ4v) is 2.65. The van der Waals surface area contributed by atoms with Crippen molar-refractivity contribution in [1.29, 1.82) is 0 Å². The van der Waals surface area contributed by atoms with Gasteiger partial charge in [0, 0.05) is 0 Å². The van der Waals surface area contributed by atoms with Crippen molar-refractivity contribution in [2.24, 2.45) is 0 Å². The monoisotopic (exact) mass is 540 g/mol. The van der Waals surface area contributed by atoms with Gasteiger partial charge in [0.05, 0.1) is 19.5 Å². The Labute approximate surface area is 194 Å². The fraction of sp³-hybridized carbons (Fsp3) is 0. The van der Waals surface area contributed by atoms with Gasteiger partial charge in [-0.25, -0.2) is 14.6 Å². The van der Waals surface area contributed by atoms with Crippen LogP contribution in [-0.4, -0.2) is 80.6 Å². The second-order valence-corrected chi connectivity index (χ2v) is 7.91. The second-order valence-electron chi connectivity index (χ2n) is 4.75. The summed E-state index contributed by atoms with van der Waals surface area (Å²) in [7, 11) is -8.79. The van der Waals surface area contributed by atoms with Gasteiger partial charge in [-0.05, 0) is 54.1 Å². The maximum Gasteiger partial charge on any atom is 2.00 e. The summed E-state index contributed by atoms with van der Waals surface area (Å²) >= 11 is 0. The van der Waals surface area contributed by atoms with E-state index in [1.807, 2.05) is 0 Å². The molecule has 2 aromatic rings.